The maximum absolute atomic E-state index is 13.1. The Balaban J connectivity index is 1.31. The number of anilines is 1. The van der Waals surface area contributed by atoms with Crippen molar-refractivity contribution in [2.75, 3.05) is 11.9 Å². The van der Waals surface area contributed by atoms with Crippen molar-refractivity contribution in [2.45, 2.75) is 16.3 Å². The fourth-order valence-electron chi connectivity index (χ4n) is 3.67. The van der Waals surface area contributed by atoms with E-state index in [4.69, 9.17) is 5.11 Å². The van der Waals surface area contributed by atoms with Crippen LogP contribution in [0.15, 0.2) is 76.9 Å². The lowest BCUT2D eigenvalue weighted by atomic mass is 10.1. The number of hydrogen-bond acceptors (Lipinski definition) is 8. The number of amides is 2. The van der Waals surface area contributed by atoms with Crippen LogP contribution in [0, 0.1) is 0 Å². The van der Waals surface area contributed by atoms with E-state index >= 15 is 0 Å². The molecule has 0 bridgehead atoms. The number of carbonyl (C=O) groups is 2. The lowest BCUT2D eigenvalue weighted by Gasteiger charge is -2.10. The Hall–Kier alpha value is -4.13. The summed E-state index contributed by atoms with van der Waals surface area (Å²) in [7, 11) is -3.94. The molecule has 0 unspecified atom stereocenters. The fraction of sp³-hybridized carbons (Fsp3) is 0.0833. The largest absolute Gasteiger partial charge is 0.392 e. The lowest BCUT2D eigenvalue weighted by molar-refractivity contribution is 0.0949. The predicted octanol–water partition coefficient (Wildman–Crippen LogP) is 2.66. The molecular weight excluding hydrogens is 502 g/mol. The first kappa shape index (κ1) is 23.6. The highest BCUT2D eigenvalue weighted by Gasteiger charge is 2.31. The van der Waals surface area contributed by atoms with Gasteiger partial charge in [0.15, 0.2) is 0 Å². The van der Waals surface area contributed by atoms with Gasteiger partial charge in [-0.3, -0.25) is 9.59 Å². The number of nitrogens with zero attached hydrogens (tertiary/aromatic N) is 3. The smallest absolute Gasteiger partial charge is 0.257 e. The van der Waals surface area contributed by atoms with Crippen molar-refractivity contribution < 1.29 is 23.1 Å². The molecule has 1 aliphatic rings. The molecule has 2 aromatic carbocycles. The molecule has 0 fully saturated rings. The third-order valence-electron chi connectivity index (χ3n) is 5.38. The van der Waals surface area contributed by atoms with E-state index in [1.54, 1.807) is 47.6 Å². The zero-order valence-electron chi connectivity index (χ0n) is 18.6. The van der Waals surface area contributed by atoms with Gasteiger partial charge in [-0.2, -0.15) is 5.10 Å². The molecule has 182 valence electrons. The van der Waals surface area contributed by atoms with Gasteiger partial charge < -0.3 is 15.7 Å². The first-order valence-corrected chi connectivity index (χ1v) is 13.0. The Labute approximate surface area is 209 Å². The molecule has 36 heavy (non-hydrogen) atoms. The molecule has 0 saturated carbocycles. The Morgan fingerprint density at radius 2 is 2.00 bits per heavy atom. The third kappa shape index (κ3) is 4.44. The van der Waals surface area contributed by atoms with Crippen molar-refractivity contribution in [3.05, 3.63) is 88.7 Å². The molecule has 4 aromatic rings. The Morgan fingerprint density at radius 1 is 1.17 bits per heavy atom. The number of thiazole rings is 1. The summed E-state index contributed by atoms with van der Waals surface area (Å²) in [6.07, 6.45) is 8.39. The summed E-state index contributed by atoms with van der Waals surface area (Å²) in [5, 5.41) is 19.1. The normalized spacial score (nSPS) is 14.1. The monoisotopic (exact) mass is 521 g/mol. The molecule has 0 atom stereocenters. The number of carbonyl (C=O) groups excluding carboxylic acids is 2. The lowest BCUT2D eigenvalue weighted by Crippen LogP contribution is -2.22. The van der Waals surface area contributed by atoms with Crippen molar-refractivity contribution in [2.24, 2.45) is 0 Å². The van der Waals surface area contributed by atoms with Crippen LogP contribution in [0.1, 0.15) is 31.2 Å². The number of nitrogens with one attached hydrogen (secondary N) is 2. The van der Waals surface area contributed by atoms with E-state index in [0.717, 1.165) is 10.4 Å². The molecule has 0 radical (unpaired) electrons. The second kappa shape index (κ2) is 9.49. The van der Waals surface area contributed by atoms with Gasteiger partial charge in [0.2, 0.25) is 15.0 Å². The number of aliphatic hydroxyl groups is 1. The standard InChI is InChI=1S/C24H19N5O5S2/c30-9-3-4-15-11-27-29(14-15)24-26-13-17(35-24)12-25-22(31)16-7-8-21-19(10-16)28-23(32)18-5-1-2-6-20(18)36(21,33)34/h1-8,10-11,13-14,30H,9,12H2,(H,25,31)(H,28,32)/b4-3+. The van der Waals surface area contributed by atoms with E-state index in [2.05, 4.69) is 20.7 Å². The van der Waals surface area contributed by atoms with Gasteiger partial charge in [-0.25, -0.2) is 18.1 Å². The van der Waals surface area contributed by atoms with Crippen LogP contribution in [-0.4, -0.2) is 46.7 Å². The van der Waals surface area contributed by atoms with Crippen LogP contribution in [0.25, 0.3) is 11.2 Å². The minimum atomic E-state index is -3.94. The molecule has 0 aliphatic carbocycles. The van der Waals surface area contributed by atoms with Crippen molar-refractivity contribution in [3.8, 4) is 5.13 Å². The quantitative estimate of drug-likeness (QED) is 0.354. The number of fused-ring (bicyclic) bond motifs is 2. The number of hydrogen-bond donors (Lipinski definition) is 3. The highest BCUT2D eigenvalue weighted by molar-refractivity contribution is 7.91. The third-order valence-corrected chi connectivity index (χ3v) is 8.24. The van der Waals surface area contributed by atoms with Crippen molar-refractivity contribution in [1.29, 1.82) is 0 Å². The molecule has 2 aromatic heterocycles. The summed E-state index contributed by atoms with van der Waals surface area (Å²) in [5.41, 5.74) is 1.12. The number of aromatic nitrogens is 3. The van der Waals surface area contributed by atoms with Crippen molar-refractivity contribution in [1.82, 2.24) is 20.1 Å². The highest BCUT2D eigenvalue weighted by atomic mass is 32.2. The number of benzene rings is 2. The molecule has 3 N–H and O–H groups in total. The summed E-state index contributed by atoms with van der Waals surface area (Å²) < 4.78 is 27.8. The van der Waals surface area contributed by atoms with Gasteiger partial charge in [-0.05, 0) is 30.3 Å². The van der Waals surface area contributed by atoms with Crippen molar-refractivity contribution in [3.63, 3.8) is 0 Å². The molecule has 2 amide bonds. The van der Waals surface area contributed by atoms with Crippen LogP contribution >= 0.6 is 11.3 Å². The number of aliphatic hydroxyl groups excluding tert-OH is 1. The molecule has 0 spiro atoms. The molecular formula is C24H19N5O5S2. The van der Waals surface area contributed by atoms with E-state index in [9.17, 15) is 18.0 Å². The van der Waals surface area contributed by atoms with Crippen LogP contribution < -0.4 is 10.6 Å². The average Bonchev–Trinajstić information content (AvgIpc) is 3.54. The second-order valence-corrected chi connectivity index (χ2v) is 10.7. The van der Waals surface area contributed by atoms with Crippen LogP contribution in [0.5, 0.6) is 0 Å². The fourth-order valence-corrected chi connectivity index (χ4v) is 6.04. The van der Waals surface area contributed by atoms with E-state index in [1.807, 2.05) is 0 Å². The SMILES string of the molecule is O=C(NCc1cnc(-n2cc(/C=C/CO)cn2)s1)c1ccc2c(c1)NC(=O)c1ccccc1S2(=O)=O. The van der Waals surface area contributed by atoms with Crippen LogP contribution in [0.4, 0.5) is 5.69 Å². The van der Waals surface area contributed by atoms with Gasteiger partial charge in [0.25, 0.3) is 11.8 Å². The van der Waals surface area contributed by atoms with Crippen molar-refractivity contribution >= 4 is 44.8 Å². The minimum Gasteiger partial charge on any atom is -0.392 e. The van der Waals surface area contributed by atoms with E-state index in [-0.39, 0.29) is 39.8 Å². The zero-order valence-corrected chi connectivity index (χ0v) is 20.2. The average molecular weight is 522 g/mol. The first-order chi connectivity index (χ1) is 17.4. The van der Waals surface area contributed by atoms with E-state index in [0.29, 0.717) is 5.13 Å². The molecule has 1 aliphatic heterocycles. The maximum atomic E-state index is 13.1. The van der Waals surface area contributed by atoms with E-state index < -0.39 is 21.7 Å². The van der Waals surface area contributed by atoms with E-state index in [1.165, 1.54) is 41.7 Å². The molecule has 10 nitrogen and oxygen atoms in total. The number of sulfone groups is 1. The molecule has 5 rings (SSSR count). The predicted molar refractivity (Wildman–Crippen MR) is 133 cm³/mol. The number of rotatable bonds is 6. The summed E-state index contributed by atoms with van der Waals surface area (Å²) in [6, 6.07) is 10.1. The minimum absolute atomic E-state index is 0.0497. The summed E-state index contributed by atoms with van der Waals surface area (Å²) in [4.78, 5) is 30.4. The molecule has 3 heterocycles. The Kier molecular flexibility index (Phi) is 6.22. The van der Waals surface area contributed by atoms with Crippen LogP contribution in [0.2, 0.25) is 0 Å². The van der Waals surface area contributed by atoms with Crippen LogP contribution in [0.3, 0.4) is 0 Å². The molecule has 12 heteroatoms. The summed E-state index contributed by atoms with van der Waals surface area (Å²) >= 11 is 1.34. The maximum Gasteiger partial charge on any atom is 0.257 e. The Morgan fingerprint density at radius 3 is 2.83 bits per heavy atom. The van der Waals surface area contributed by atoms with Gasteiger partial charge in [-0.1, -0.05) is 35.6 Å². The van der Waals surface area contributed by atoms with Gasteiger partial charge in [0, 0.05) is 28.4 Å². The summed E-state index contributed by atoms with van der Waals surface area (Å²) in [6.45, 7) is 0.133. The van der Waals surface area contributed by atoms with Gasteiger partial charge in [0.1, 0.15) is 0 Å². The molecule has 0 saturated heterocycles. The van der Waals surface area contributed by atoms with Gasteiger partial charge in [-0.15, -0.1) is 0 Å². The first-order valence-electron chi connectivity index (χ1n) is 10.7. The second-order valence-electron chi connectivity index (χ2n) is 7.76. The topological polar surface area (TPSA) is 143 Å². The van der Waals surface area contributed by atoms with Gasteiger partial charge >= 0.3 is 0 Å². The Bertz CT molecular complexity index is 1620. The highest BCUT2D eigenvalue weighted by Crippen LogP contribution is 2.34. The zero-order chi connectivity index (χ0) is 25.3. The summed E-state index contributed by atoms with van der Waals surface area (Å²) in [5.74, 6) is -0.993. The van der Waals surface area contributed by atoms with Gasteiger partial charge in [0.05, 0.1) is 40.4 Å². The van der Waals surface area contributed by atoms with Crippen LogP contribution in [-0.2, 0) is 16.4 Å².